The van der Waals surface area contributed by atoms with Gasteiger partial charge in [-0.2, -0.15) is 0 Å². The number of rotatable bonds is 3. The van der Waals surface area contributed by atoms with Crippen LogP contribution < -0.4 is 0 Å². The molecule has 2 nitrogen and oxygen atoms in total. The largest absolute Gasteiger partial charge is 0.392 e. The molecule has 0 aromatic rings. The van der Waals surface area contributed by atoms with E-state index in [0.29, 0.717) is 6.04 Å². The van der Waals surface area contributed by atoms with Crippen molar-refractivity contribution in [3.63, 3.8) is 0 Å². The van der Waals surface area contributed by atoms with E-state index in [4.69, 9.17) is 5.11 Å². The van der Waals surface area contributed by atoms with E-state index in [2.05, 4.69) is 17.9 Å². The van der Waals surface area contributed by atoms with Gasteiger partial charge >= 0.3 is 0 Å². The molecule has 0 spiro atoms. The summed E-state index contributed by atoms with van der Waals surface area (Å²) in [6.45, 7) is 6.83. The summed E-state index contributed by atoms with van der Waals surface area (Å²) in [6, 6.07) is 0.493. The minimum atomic E-state index is 0.193. The van der Waals surface area contributed by atoms with Gasteiger partial charge in [0.2, 0.25) is 0 Å². The van der Waals surface area contributed by atoms with Crippen LogP contribution in [0.2, 0.25) is 0 Å². The molecule has 1 fully saturated rings. The molecular formula is C11H21NO. The maximum absolute atomic E-state index is 8.90. The fraction of sp³-hybridized carbons (Fsp3) is 0.818. The van der Waals surface area contributed by atoms with E-state index in [1.54, 1.807) is 0 Å². The first-order valence-corrected chi connectivity index (χ1v) is 5.26. The highest BCUT2D eigenvalue weighted by atomic mass is 16.3. The van der Waals surface area contributed by atoms with Crippen molar-refractivity contribution in [2.75, 3.05) is 19.7 Å². The minimum Gasteiger partial charge on any atom is -0.392 e. The molecule has 0 aromatic heterocycles. The van der Waals surface area contributed by atoms with Gasteiger partial charge in [0.15, 0.2) is 0 Å². The van der Waals surface area contributed by atoms with E-state index >= 15 is 0 Å². The van der Waals surface area contributed by atoms with Crippen LogP contribution in [0.1, 0.15) is 33.1 Å². The Labute approximate surface area is 81.2 Å². The van der Waals surface area contributed by atoms with Gasteiger partial charge in [-0.25, -0.2) is 0 Å². The third-order valence-electron chi connectivity index (χ3n) is 2.74. The second-order valence-corrected chi connectivity index (χ2v) is 4.01. The van der Waals surface area contributed by atoms with Gasteiger partial charge in [-0.05, 0) is 39.8 Å². The van der Waals surface area contributed by atoms with Crippen LogP contribution >= 0.6 is 0 Å². The molecule has 1 heterocycles. The highest BCUT2D eigenvalue weighted by Gasteiger charge is 2.14. The first-order chi connectivity index (χ1) is 6.24. The molecule has 2 heteroatoms. The molecule has 0 amide bonds. The van der Waals surface area contributed by atoms with Crippen molar-refractivity contribution < 1.29 is 5.11 Å². The normalized spacial score (nSPS) is 23.2. The number of hydrogen-bond donors (Lipinski definition) is 1. The second kappa shape index (κ2) is 5.40. The maximum atomic E-state index is 8.90. The van der Waals surface area contributed by atoms with Crippen molar-refractivity contribution in [1.29, 1.82) is 0 Å². The van der Waals surface area contributed by atoms with Gasteiger partial charge in [0.1, 0.15) is 0 Å². The Morgan fingerprint density at radius 2 is 2.00 bits per heavy atom. The lowest BCUT2D eigenvalue weighted by atomic mass is 10.1. The van der Waals surface area contributed by atoms with Gasteiger partial charge < -0.3 is 5.11 Å². The monoisotopic (exact) mass is 183 g/mol. The third kappa shape index (κ3) is 3.49. The van der Waals surface area contributed by atoms with E-state index < -0.39 is 0 Å². The quantitative estimate of drug-likeness (QED) is 0.674. The Balaban J connectivity index is 2.41. The Morgan fingerprint density at radius 1 is 1.38 bits per heavy atom. The highest BCUT2D eigenvalue weighted by Crippen LogP contribution is 2.13. The Morgan fingerprint density at radius 3 is 2.54 bits per heavy atom. The van der Waals surface area contributed by atoms with Crippen LogP contribution in [0.15, 0.2) is 11.6 Å². The van der Waals surface area contributed by atoms with Crippen LogP contribution in [-0.4, -0.2) is 35.7 Å². The van der Waals surface area contributed by atoms with Crippen LogP contribution in [0.25, 0.3) is 0 Å². The standard InChI is InChI=1S/C11H21NO/c1-10(9-13)8-11(2)12-6-4-3-5-7-12/h8,11,13H,3-7,9H2,1-2H3. The van der Waals surface area contributed by atoms with Crippen LogP contribution in [0.4, 0.5) is 0 Å². The summed E-state index contributed by atoms with van der Waals surface area (Å²) < 4.78 is 0. The Hall–Kier alpha value is -0.340. The Kier molecular flexibility index (Phi) is 4.46. The summed E-state index contributed by atoms with van der Waals surface area (Å²) in [4.78, 5) is 2.49. The van der Waals surface area contributed by atoms with Crippen molar-refractivity contribution in [2.24, 2.45) is 0 Å². The number of nitrogens with zero attached hydrogens (tertiary/aromatic N) is 1. The topological polar surface area (TPSA) is 23.5 Å². The Bertz CT molecular complexity index is 171. The van der Waals surface area contributed by atoms with Crippen molar-refractivity contribution in [3.05, 3.63) is 11.6 Å². The summed E-state index contributed by atoms with van der Waals surface area (Å²) in [7, 11) is 0. The van der Waals surface area contributed by atoms with Crippen molar-refractivity contribution >= 4 is 0 Å². The summed E-state index contributed by atoms with van der Waals surface area (Å²) in [5, 5.41) is 8.90. The molecule has 1 atom stereocenters. The van der Waals surface area contributed by atoms with Gasteiger partial charge in [-0.15, -0.1) is 0 Å². The van der Waals surface area contributed by atoms with Crippen LogP contribution in [0.3, 0.4) is 0 Å². The smallest absolute Gasteiger partial charge is 0.0639 e. The van der Waals surface area contributed by atoms with Crippen LogP contribution in [0.5, 0.6) is 0 Å². The summed E-state index contributed by atoms with van der Waals surface area (Å²) in [5.74, 6) is 0. The number of aliphatic hydroxyl groups excluding tert-OH is 1. The van der Waals surface area contributed by atoms with E-state index in [9.17, 15) is 0 Å². The molecule has 1 unspecified atom stereocenters. The van der Waals surface area contributed by atoms with Crippen LogP contribution in [0, 0.1) is 0 Å². The summed E-state index contributed by atoms with van der Waals surface area (Å²) >= 11 is 0. The van der Waals surface area contributed by atoms with Crippen LogP contribution in [-0.2, 0) is 0 Å². The fourth-order valence-corrected chi connectivity index (χ4v) is 1.90. The zero-order valence-corrected chi connectivity index (χ0v) is 8.79. The molecule has 0 aliphatic carbocycles. The first-order valence-electron chi connectivity index (χ1n) is 5.26. The number of piperidine rings is 1. The number of likely N-dealkylation sites (tertiary alicyclic amines) is 1. The lowest BCUT2D eigenvalue weighted by Crippen LogP contribution is -2.36. The fourth-order valence-electron chi connectivity index (χ4n) is 1.90. The number of hydrogen-bond acceptors (Lipinski definition) is 2. The molecular weight excluding hydrogens is 162 g/mol. The number of aliphatic hydroxyl groups is 1. The summed E-state index contributed by atoms with van der Waals surface area (Å²) in [5.41, 5.74) is 1.08. The lowest BCUT2D eigenvalue weighted by molar-refractivity contribution is 0.199. The molecule has 0 bridgehead atoms. The summed E-state index contributed by atoms with van der Waals surface area (Å²) in [6.07, 6.45) is 6.21. The zero-order valence-electron chi connectivity index (χ0n) is 8.79. The molecule has 0 saturated carbocycles. The molecule has 1 aliphatic heterocycles. The molecule has 1 aliphatic rings. The van der Waals surface area contributed by atoms with E-state index in [1.807, 2.05) is 6.92 Å². The van der Waals surface area contributed by atoms with Gasteiger partial charge in [0, 0.05) is 6.04 Å². The molecule has 0 radical (unpaired) electrons. The van der Waals surface area contributed by atoms with Gasteiger partial charge in [0.25, 0.3) is 0 Å². The zero-order chi connectivity index (χ0) is 9.68. The van der Waals surface area contributed by atoms with E-state index in [-0.39, 0.29) is 6.61 Å². The molecule has 1 N–H and O–H groups in total. The average molecular weight is 183 g/mol. The SMILES string of the molecule is CC(=CC(C)N1CCCCC1)CO. The molecule has 0 aromatic carbocycles. The predicted octanol–water partition coefficient (Wildman–Crippen LogP) is 1.80. The molecule has 1 saturated heterocycles. The maximum Gasteiger partial charge on any atom is 0.0639 e. The molecule has 76 valence electrons. The van der Waals surface area contributed by atoms with Crippen molar-refractivity contribution in [2.45, 2.75) is 39.2 Å². The van der Waals surface area contributed by atoms with E-state index in [1.165, 1.54) is 32.4 Å². The molecule has 1 rings (SSSR count). The first kappa shape index (κ1) is 10.7. The van der Waals surface area contributed by atoms with Gasteiger partial charge in [-0.3, -0.25) is 4.90 Å². The van der Waals surface area contributed by atoms with Crippen molar-refractivity contribution in [1.82, 2.24) is 4.90 Å². The van der Waals surface area contributed by atoms with Crippen molar-refractivity contribution in [3.8, 4) is 0 Å². The predicted molar refractivity (Wildman–Crippen MR) is 55.7 cm³/mol. The average Bonchev–Trinajstić information content (AvgIpc) is 2.19. The third-order valence-corrected chi connectivity index (χ3v) is 2.74. The lowest BCUT2D eigenvalue weighted by Gasteiger charge is -2.30. The van der Waals surface area contributed by atoms with Gasteiger partial charge in [-0.1, -0.05) is 18.1 Å². The minimum absolute atomic E-state index is 0.193. The molecule has 13 heavy (non-hydrogen) atoms. The highest BCUT2D eigenvalue weighted by molar-refractivity contribution is 5.03. The van der Waals surface area contributed by atoms with Gasteiger partial charge in [0.05, 0.1) is 6.61 Å². The second-order valence-electron chi connectivity index (χ2n) is 4.01. The van der Waals surface area contributed by atoms with E-state index in [0.717, 1.165) is 5.57 Å².